The molecule has 2 aromatic carbocycles. The highest BCUT2D eigenvalue weighted by molar-refractivity contribution is 5.95. The minimum Gasteiger partial charge on any atom is -0.488 e. The number of hydrogen-bond donors (Lipinski definition) is 1. The largest absolute Gasteiger partial charge is 0.488 e. The summed E-state index contributed by atoms with van der Waals surface area (Å²) in [5.41, 5.74) is 4.59. The standard InChI is InChI=1S/C25H28N2O3/c1-19-15-23(16-20(2)24(19)30-18-22-9-6-11-26-17-22)25(29)27(13-14-28)12-10-21-7-4-3-5-8-21/h3-9,11,15-17,28H,10,12-14,18H2,1-2H3. The lowest BCUT2D eigenvalue weighted by atomic mass is 10.0. The van der Waals surface area contributed by atoms with Crippen LogP contribution in [0, 0.1) is 13.8 Å². The number of aliphatic hydroxyl groups excluding tert-OH is 1. The van der Waals surface area contributed by atoms with E-state index in [1.54, 1.807) is 17.3 Å². The van der Waals surface area contributed by atoms with Crippen LogP contribution in [0.4, 0.5) is 0 Å². The normalized spacial score (nSPS) is 10.6. The van der Waals surface area contributed by atoms with Crippen LogP contribution in [0.15, 0.2) is 67.0 Å². The van der Waals surface area contributed by atoms with Gasteiger partial charge in [0.05, 0.1) is 6.61 Å². The van der Waals surface area contributed by atoms with E-state index in [0.717, 1.165) is 28.9 Å². The molecule has 0 unspecified atom stereocenters. The molecular formula is C25H28N2O3. The zero-order valence-corrected chi connectivity index (χ0v) is 17.5. The van der Waals surface area contributed by atoms with Gasteiger partial charge in [-0.15, -0.1) is 0 Å². The summed E-state index contributed by atoms with van der Waals surface area (Å²) in [7, 11) is 0. The molecule has 5 heteroatoms. The van der Waals surface area contributed by atoms with E-state index in [-0.39, 0.29) is 12.5 Å². The highest BCUT2D eigenvalue weighted by atomic mass is 16.5. The molecule has 30 heavy (non-hydrogen) atoms. The first kappa shape index (κ1) is 21.5. The summed E-state index contributed by atoms with van der Waals surface area (Å²) < 4.78 is 6.00. The summed E-state index contributed by atoms with van der Waals surface area (Å²) in [5.74, 6) is 0.707. The fourth-order valence-corrected chi connectivity index (χ4v) is 3.47. The van der Waals surface area contributed by atoms with Crippen LogP contribution in [0.5, 0.6) is 5.75 Å². The predicted molar refractivity (Wildman–Crippen MR) is 118 cm³/mol. The van der Waals surface area contributed by atoms with Gasteiger partial charge in [-0.2, -0.15) is 0 Å². The van der Waals surface area contributed by atoms with Crippen LogP contribution in [0.25, 0.3) is 0 Å². The molecule has 1 amide bonds. The highest BCUT2D eigenvalue weighted by Crippen LogP contribution is 2.26. The molecule has 0 spiro atoms. The molecular weight excluding hydrogens is 376 g/mol. The second-order valence-corrected chi connectivity index (χ2v) is 7.34. The molecule has 0 atom stereocenters. The first-order chi connectivity index (χ1) is 14.6. The molecule has 1 aromatic heterocycles. The van der Waals surface area contributed by atoms with E-state index in [1.165, 1.54) is 5.56 Å². The number of hydrogen-bond acceptors (Lipinski definition) is 4. The molecule has 0 aliphatic heterocycles. The number of carbonyl (C=O) groups is 1. The third kappa shape index (κ3) is 5.67. The third-order valence-electron chi connectivity index (χ3n) is 4.98. The van der Waals surface area contributed by atoms with E-state index in [1.807, 2.05) is 68.4 Å². The van der Waals surface area contributed by atoms with Crippen molar-refractivity contribution in [3.63, 3.8) is 0 Å². The van der Waals surface area contributed by atoms with Crippen molar-refractivity contribution in [2.75, 3.05) is 19.7 Å². The molecule has 0 saturated carbocycles. The Labute approximate surface area is 178 Å². The number of rotatable bonds is 9. The van der Waals surface area contributed by atoms with Gasteiger partial charge >= 0.3 is 0 Å². The smallest absolute Gasteiger partial charge is 0.253 e. The van der Waals surface area contributed by atoms with Gasteiger partial charge in [-0.1, -0.05) is 36.4 Å². The van der Waals surface area contributed by atoms with Crippen LogP contribution in [-0.4, -0.2) is 40.6 Å². The lowest BCUT2D eigenvalue weighted by Crippen LogP contribution is -2.35. The zero-order chi connectivity index (χ0) is 21.3. The molecule has 156 valence electrons. The molecule has 0 fully saturated rings. The van der Waals surface area contributed by atoms with Gasteiger partial charge in [-0.25, -0.2) is 0 Å². The highest BCUT2D eigenvalue weighted by Gasteiger charge is 2.18. The molecule has 3 aromatic rings. The topological polar surface area (TPSA) is 62.7 Å². The predicted octanol–water partition coefficient (Wildman–Crippen LogP) is 3.95. The van der Waals surface area contributed by atoms with Gasteiger partial charge in [0.2, 0.25) is 0 Å². The van der Waals surface area contributed by atoms with Crippen LogP contribution in [0.1, 0.15) is 32.6 Å². The van der Waals surface area contributed by atoms with E-state index in [2.05, 4.69) is 4.98 Å². The lowest BCUT2D eigenvalue weighted by Gasteiger charge is -2.23. The number of amides is 1. The number of carbonyl (C=O) groups excluding carboxylic acids is 1. The second-order valence-electron chi connectivity index (χ2n) is 7.34. The van der Waals surface area contributed by atoms with Crippen molar-refractivity contribution >= 4 is 5.91 Å². The number of nitrogens with zero attached hydrogens (tertiary/aromatic N) is 2. The summed E-state index contributed by atoms with van der Waals surface area (Å²) in [6.07, 6.45) is 4.26. The van der Waals surface area contributed by atoms with Crippen molar-refractivity contribution in [1.29, 1.82) is 0 Å². The number of aliphatic hydroxyl groups is 1. The Morgan fingerprint density at radius 1 is 1.00 bits per heavy atom. The Balaban J connectivity index is 1.71. The van der Waals surface area contributed by atoms with E-state index >= 15 is 0 Å². The maximum absolute atomic E-state index is 13.1. The van der Waals surface area contributed by atoms with E-state index in [4.69, 9.17) is 4.74 Å². The van der Waals surface area contributed by atoms with Crippen LogP contribution in [-0.2, 0) is 13.0 Å². The lowest BCUT2D eigenvalue weighted by molar-refractivity contribution is 0.0723. The zero-order valence-electron chi connectivity index (χ0n) is 17.5. The molecule has 0 aliphatic rings. The minimum absolute atomic E-state index is 0.0647. The first-order valence-corrected chi connectivity index (χ1v) is 10.2. The summed E-state index contributed by atoms with van der Waals surface area (Å²) in [6, 6.07) is 17.6. The first-order valence-electron chi connectivity index (χ1n) is 10.2. The molecule has 0 bridgehead atoms. The third-order valence-corrected chi connectivity index (χ3v) is 4.98. The minimum atomic E-state index is -0.0787. The van der Waals surface area contributed by atoms with E-state index in [0.29, 0.717) is 25.3 Å². The Bertz CT molecular complexity index is 936. The van der Waals surface area contributed by atoms with Gasteiger partial charge in [0.15, 0.2) is 0 Å². The molecule has 3 rings (SSSR count). The second kappa shape index (κ2) is 10.6. The van der Waals surface area contributed by atoms with Crippen molar-refractivity contribution in [3.8, 4) is 5.75 Å². The molecule has 0 radical (unpaired) electrons. The quantitative estimate of drug-likeness (QED) is 0.586. The maximum atomic E-state index is 13.1. The Kier molecular flexibility index (Phi) is 7.57. The average molecular weight is 405 g/mol. The number of benzene rings is 2. The van der Waals surface area contributed by atoms with Gasteiger partial charge in [-0.05, 0) is 55.2 Å². The van der Waals surface area contributed by atoms with E-state index < -0.39 is 0 Å². The SMILES string of the molecule is Cc1cc(C(=O)N(CCO)CCc2ccccc2)cc(C)c1OCc1cccnc1. The monoisotopic (exact) mass is 404 g/mol. The molecule has 0 aliphatic carbocycles. The number of aromatic nitrogens is 1. The Morgan fingerprint density at radius 2 is 1.70 bits per heavy atom. The summed E-state index contributed by atoms with van der Waals surface area (Å²) >= 11 is 0. The number of ether oxygens (including phenoxy) is 1. The van der Waals surface area contributed by atoms with Gasteiger partial charge < -0.3 is 14.7 Å². The average Bonchev–Trinajstić information content (AvgIpc) is 2.77. The Hall–Kier alpha value is -3.18. The fourth-order valence-electron chi connectivity index (χ4n) is 3.47. The van der Waals surface area contributed by atoms with Gasteiger partial charge in [0.1, 0.15) is 12.4 Å². The van der Waals surface area contributed by atoms with Crippen molar-refractivity contribution in [2.45, 2.75) is 26.9 Å². The number of aryl methyl sites for hydroxylation is 2. The fraction of sp³-hybridized carbons (Fsp3) is 0.280. The van der Waals surface area contributed by atoms with Crippen LogP contribution < -0.4 is 4.74 Å². The van der Waals surface area contributed by atoms with E-state index in [9.17, 15) is 9.90 Å². The maximum Gasteiger partial charge on any atom is 0.253 e. The van der Waals surface area contributed by atoms with Crippen molar-refractivity contribution in [3.05, 3.63) is 94.8 Å². The van der Waals surface area contributed by atoms with Crippen molar-refractivity contribution in [1.82, 2.24) is 9.88 Å². The molecule has 1 N–H and O–H groups in total. The van der Waals surface area contributed by atoms with Crippen LogP contribution in [0.2, 0.25) is 0 Å². The van der Waals surface area contributed by atoms with Crippen molar-refractivity contribution in [2.24, 2.45) is 0 Å². The van der Waals surface area contributed by atoms with Crippen LogP contribution >= 0.6 is 0 Å². The van der Waals surface area contributed by atoms with Crippen LogP contribution in [0.3, 0.4) is 0 Å². The number of pyridine rings is 1. The summed E-state index contributed by atoms with van der Waals surface area (Å²) in [4.78, 5) is 18.9. The molecule has 0 saturated heterocycles. The van der Waals surface area contributed by atoms with Crippen molar-refractivity contribution < 1.29 is 14.6 Å². The van der Waals surface area contributed by atoms with Gasteiger partial charge in [0, 0.05) is 36.6 Å². The Morgan fingerprint density at radius 3 is 2.33 bits per heavy atom. The van der Waals surface area contributed by atoms with Gasteiger partial charge in [-0.3, -0.25) is 9.78 Å². The van der Waals surface area contributed by atoms with Gasteiger partial charge in [0.25, 0.3) is 5.91 Å². The molecule has 1 heterocycles. The summed E-state index contributed by atoms with van der Waals surface area (Å²) in [5, 5.41) is 9.44. The summed E-state index contributed by atoms with van der Waals surface area (Å²) in [6.45, 7) is 5.12. The molecule has 5 nitrogen and oxygen atoms in total.